The Labute approximate surface area is 243 Å². The van der Waals surface area contributed by atoms with Crippen LogP contribution < -0.4 is 11.1 Å². The van der Waals surface area contributed by atoms with Crippen molar-refractivity contribution >= 4 is 23.7 Å². The van der Waals surface area contributed by atoms with Gasteiger partial charge in [0.1, 0.15) is 18.1 Å². The zero-order chi connectivity index (χ0) is 30.6. The zero-order valence-corrected chi connectivity index (χ0v) is 24.1. The highest BCUT2D eigenvalue weighted by Gasteiger charge is 2.44. The molecule has 0 spiro atoms. The Morgan fingerprint density at radius 1 is 1.07 bits per heavy atom. The van der Waals surface area contributed by atoms with Gasteiger partial charge in [0.25, 0.3) is 0 Å². The number of aromatic nitrogens is 3. The minimum atomic E-state index is -1.04. The third-order valence-electron chi connectivity index (χ3n) is 7.48. The number of likely N-dealkylation sites (tertiary alicyclic amines) is 1. The summed E-state index contributed by atoms with van der Waals surface area (Å²) in [7, 11) is 1.22. The zero-order valence-electron chi connectivity index (χ0n) is 24.1. The van der Waals surface area contributed by atoms with E-state index < -0.39 is 47.9 Å². The molecule has 0 radical (unpaired) electrons. The SMILES string of the molecule is COC(=O)c1nnn(C(C(=O)N2CC(O)CC2C(=O)NC(Cc2ccc(-c3ccccc3)cc2)C(N)=O)C(C)C)c1C. The molecule has 0 aliphatic carbocycles. The normalized spacial score (nSPS) is 18.0. The van der Waals surface area contributed by atoms with E-state index in [-0.39, 0.29) is 31.0 Å². The van der Waals surface area contributed by atoms with Gasteiger partial charge in [0, 0.05) is 19.4 Å². The highest BCUT2D eigenvalue weighted by molar-refractivity contribution is 5.93. The standard InChI is InChI=1S/C30H36N6O6/c1-17(2)26(36-18(3)25(33-34-36)30(41)42-4)29(40)35-16-22(37)15-24(35)28(39)32-23(27(31)38)14-19-10-12-21(13-11-19)20-8-6-5-7-9-20/h5-13,17,22-24,26,37H,14-16H2,1-4H3,(H2,31,38)(H,32,39). The Kier molecular flexibility index (Phi) is 9.36. The molecule has 1 aromatic heterocycles. The first-order valence-corrected chi connectivity index (χ1v) is 13.7. The summed E-state index contributed by atoms with van der Waals surface area (Å²) in [6.07, 6.45) is -0.802. The number of nitrogens with two attached hydrogens (primary N) is 1. The fourth-order valence-corrected chi connectivity index (χ4v) is 5.23. The van der Waals surface area contributed by atoms with Gasteiger partial charge in [0.2, 0.25) is 17.7 Å². The number of benzene rings is 2. The lowest BCUT2D eigenvalue weighted by Gasteiger charge is -2.31. The summed E-state index contributed by atoms with van der Waals surface area (Å²) in [4.78, 5) is 53.0. The van der Waals surface area contributed by atoms with Crippen LogP contribution in [0.5, 0.6) is 0 Å². The fraction of sp³-hybridized carbons (Fsp3) is 0.400. The number of carbonyl (C=O) groups excluding carboxylic acids is 4. The van der Waals surface area contributed by atoms with E-state index in [1.807, 2.05) is 54.6 Å². The molecule has 222 valence electrons. The number of rotatable bonds is 10. The number of ether oxygens (including phenoxy) is 1. The number of nitrogens with zero attached hydrogens (tertiary/aromatic N) is 4. The predicted molar refractivity (Wildman–Crippen MR) is 153 cm³/mol. The number of amides is 3. The monoisotopic (exact) mass is 576 g/mol. The quantitative estimate of drug-likeness (QED) is 0.304. The third kappa shape index (κ3) is 6.49. The summed E-state index contributed by atoms with van der Waals surface area (Å²) in [6, 6.07) is 14.5. The van der Waals surface area contributed by atoms with Crippen molar-refractivity contribution in [3.8, 4) is 11.1 Å². The number of β-amino-alcohol motifs (C(OH)–C–C–N with tert-alkyl or cyclic N) is 1. The van der Waals surface area contributed by atoms with E-state index >= 15 is 0 Å². The minimum absolute atomic E-state index is 0.0105. The summed E-state index contributed by atoms with van der Waals surface area (Å²) >= 11 is 0. The van der Waals surface area contributed by atoms with Crippen LogP contribution in [-0.2, 0) is 25.5 Å². The number of esters is 1. The molecule has 4 atom stereocenters. The maximum absolute atomic E-state index is 13.8. The van der Waals surface area contributed by atoms with Crippen molar-refractivity contribution in [2.75, 3.05) is 13.7 Å². The van der Waals surface area contributed by atoms with Gasteiger partial charge in [-0.25, -0.2) is 9.48 Å². The van der Waals surface area contributed by atoms with Crippen LogP contribution in [0.3, 0.4) is 0 Å². The molecule has 4 unspecified atom stereocenters. The molecule has 3 aromatic rings. The van der Waals surface area contributed by atoms with Crippen molar-refractivity contribution in [1.82, 2.24) is 25.2 Å². The molecule has 2 aromatic carbocycles. The van der Waals surface area contributed by atoms with Crippen LogP contribution in [0.1, 0.15) is 48.1 Å². The van der Waals surface area contributed by atoms with Gasteiger partial charge in [-0.05, 0) is 29.5 Å². The second kappa shape index (κ2) is 12.9. The number of aliphatic hydroxyl groups is 1. The number of nitrogens with one attached hydrogen (secondary N) is 1. The lowest BCUT2D eigenvalue weighted by molar-refractivity contribution is -0.143. The van der Waals surface area contributed by atoms with Crippen LogP contribution in [-0.4, -0.2) is 80.5 Å². The molecule has 12 heteroatoms. The summed E-state index contributed by atoms with van der Waals surface area (Å²) in [5.74, 6) is -2.78. The first-order valence-electron chi connectivity index (χ1n) is 13.7. The van der Waals surface area contributed by atoms with Gasteiger partial charge in [-0.2, -0.15) is 0 Å². The van der Waals surface area contributed by atoms with Crippen molar-refractivity contribution in [2.24, 2.45) is 11.7 Å². The molecule has 4 N–H and O–H groups in total. The molecule has 12 nitrogen and oxygen atoms in total. The number of hydrogen-bond acceptors (Lipinski definition) is 8. The summed E-state index contributed by atoms with van der Waals surface area (Å²) in [5.41, 5.74) is 8.82. The van der Waals surface area contributed by atoms with E-state index in [1.54, 1.807) is 20.8 Å². The molecule has 3 amide bonds. The molecule has 0 bridgehead atoms. The summed E-state index contributed by atoms with van der Waals surface area (Å²) in [6.45, 7) is 5.12. The van der Waals surface area contributed by atoms with Crippen LogP contribution in [0.2, 0.25) is 0 Å². The maximum atomic E-state index is 13.8. The lowest BCUT2D eigenvalue weighted by Crippen LogP contribution is -2.54. The van der Waals surface area contributed by atoms with Gasteiger partial charge >= 0.3 is 5.97 Å². The second-order valence-electron chi connectivity index (χ2n) is 10.8. The van der Waals surface area contributed by atoms with E-state index in [0.29, 0.717) is 5.69 Å². The highest BCUT2D eigenvalue weighted by atomic mass is 16.5. The molecule has 0 saturated carbocycles. The lowest BCUT2D eigenvalue weighted by atomic mass is 10.00. The van der Waals surface area contributed by atoms with Crippen LogP contribution in [0.25, 0.3) is 11.1 Å². The van der Waals surface area contributed by atoms with Crippen LogP contribution >= 0.6 is 0 Å². The molecule has 42 heavy (non-hydrogen) atoms. The van der Waals surface area contributed by atoms with Crippen molar-refractivity contribution < 1.29 is 29.0 Å². The smallest absolute Gasteiger partial charge is 0.360 e. The Morgan fingerprint density at radius 2 is 1.71 bits per heavy atom. The van der Waals surface area contributed by atoms with E-state index in [9.17, 15) is 24.3 Å². The topological polar surface area (TPSA) is 170 Å². The number of hydrogen-bond donors (Lipinski definition) is 3. The Balaban J connectivity index is 1.51. The van der Waals surface area contributed by atoms with Crippen molar-refractivity contribution in [1.29, 1.82) is 0 Å². The van der Waals surface area contributed by atoms with E-state index in [2.05, 4.69) is 15.6 Å². The van der Waals surface area contributed by atoms with Gasteiger partial charge in [0.15, 0.2) is 5.69 Å². The fourth-order valence-electron chi connectivity index (χ4n) is 5.23. The van der Waals surface area contributed by atoms with E-state index in [0.717, 1.165) is 16.7 Å². The van der Waals surface area contributed by atoms with Crippen molar-refractivity contribution in [2.45, 2.75) is 57.8 Å². The molecule has 1 aliphatic heterocycles. The predicted octanol–water partition coefficient (Wildman–Crippen LogP) is 1.41. The van der Waals surface area contributed by atoms with Crippen LogP contribution in [0, 0.1) is 12.8 Å². The molecule has 2 heterocycles. The summed E-state index contributed by atoms with van der Waals surface area (Å²) < 4.78 is 6.08. The van der Waals surface area contributed by atoms with E-state index in [4.69, 9.17) is 10.5 Å². The van der Waals surface area contributed by atoms with Gasteiger partial charge in [-0.15, -0.1) is 5.10 Å². The maximum Gasteiger partial charge on any atom is 0.360 e. The molecule has 1 fully saturated rings. The average Bonchev–Trinajstić information content (AvgIpc) is 3.55. The Morgan fingerprint density at radius 3 is 2.31 bits per heavy atom. The van der Waals surface area contributed by atoms with Crippen molar-refractivity contribution in [3.05, 3.63) is 71.5 Å². The van der Waals surface area contributed by atoms with Crippen LogP contribution in [0.15, 0.2) is 54.6 Å². The molecule has 1 saturated heterocycles. The number of methoxy groups -OCH3 is 1. The number of aliphatic hydroxyl groups excluding tert-OH is 1. The average molecular weight is 577 g/mol. The molecule has 1 aliphatic rings. The summed E-state index contributed by atoms with van der Waals surface area (Å²) in [5, 5.41) is 21.1. The molecular formula is C30H36N6O6. The Bertz CT molecular complexity index is 1440. The number of primary amides is 1. The van der Waals surface area contributed by atoms with Gasteiger partial charge in [-0.1, -0.05) is 73.7 Å². The molecular weight excluding hydrogens is 540 g/mol. The highest BCUT2D eigenvalue weighted by Crippen LogP contribution is 2.28. The largest absolute Gasteiger partial charge is 0.464 e. The second-order valence-corrected chi connectivity index (χ2v) is 10.8. The van der Waals surface area contributed by atoms with Gasteiger partial charge in [-0.3, -0.25) is 14.4 Å². The Hall–Kier alpha value is -4.58. The van der Waals surface area contributed by atoms with Gasteiger partial charge in [0.05, 0.1) is 18.9 Å². The minimum Gasteiger partial charge on any atom is -0.464 e. The van der Waals surface area contributed by atoms with Crippen LogP contribution in [0.4, 0.5) is 0 Å². The third-order valence-corrected chi connectivity index (χ3v) is 7.48. The first-order chi connectivity index (χ1) is 20.0. The van der Waals surface area contributed by atoms with E-state index in [1.165, 1.54) is 16.7 Å². The molecule has 4 rings (SSSR count). The van der Waals surface area contributed by atoms with Gasteiger partial charge < -0.3 is 25.8 Å². The number of carbonyl (C=O) groups is 4. The van der Waals surface area contributed by atoms with Crippen molar-refractivity contribution in [3.63, 3.8) is 0 Å². The first kappa shape index (κ1) is 30.4.